The summed E-state index contributed by atoms with van der Waals surface area (Å²) in [7, 11) is 1.56. The highest BCUT2D eigenvalue weighted by Crippen LogP contribution is 2.23. The summed E-state index contributed by atoms with van der Waals surface area (Å²) in [4.78, 5) is 35.6. The third-order valence-corrected chi connectivity index (χ3v) is 4.17. The summed E-state index contributed by atoms with van der Waals surface area (Å²) < 4.78 is 10.1. The van der Waals surface area contributed by atoms with Crippen molar-refractivity contribution in [2.24, 2.45) is 5.92 Å². The topological polar surface area (TPSA) is 115 Å². The molecule has 0 aliphatic carbocycles. The molecule has 1 aromatic heterocycles. The molecule has 0 bridgehead atoms. The number of hydrogen-bond donors (Lipinski definition) is 1. The zero-order chi connectivity index (χ0) is 18.7. The summed E-state index contributed by atoms with van der Waals surface area (Å²) in [5.74, 6) is -0.849. The minimum atomic E-state index is -0.707. The fourth-order valence-corrected chi connectivity index (χ4v) is 2.68. The SMILES string of the molecule is COc1ccccc1CNC(=O)C1CN(C(=O)c2ccc([N+](=O)[O-])o2)C1. The molecule has 2 aromatic rings. The number of nitrogens with zero attached hydrogens (tertiary/aromatic N) is 2. The van der Waals surface area contributed by atoms with Crippen LogP contribution >= 0.6 is 0 Å². The van der Waals surface area contributed by atoms with Gasteiger partial charge in [0.25, 0.3) is 5.91 Å². The lowest BCUT2D eigenvalue weighted by Crippen LogP contribution is -2.55. The summed E-state index contributed by atoms with van der Waals surface area (Å²) in [6.45, 7) is 0.813. The number of amides is 2. The molecular formula is C17H17N3O6. The van der Waals surface area contributed by atoms with Gasteiger partial charge in [0.05, 0.1) is 19.1 Å². The van der Waals surface area contributed by atoms with E-state index in [1.54, 1.807) is 7.11 Å². The van der Waals surface area contributed by atoms with E-state index in [9.17, 15) is 19.7 Å². The van der Waals surface area contributed by atoms with Crippen LogP contribution in [0.3, 0.4) is 0 Å². The van der Waals surface area contributed by atoms with Gasteiger partial charge in [-0.25, -0.2) is 0 Å². The van der Waals surface area contributed by atoms with Gasteiger partial charge in [0.1, 0.15) is 10.7 Å². The largest absolute Gasteiger partial charge is 0.496 e. The van der Waals surface area contributed by atoms with Crippen LogP contribution in [0.15, 0.2) is 40.8 Å². The molecule has 1 aromatic carbocycles. The molecule has 9 nitrogen and oxygen atoms in total. The van der Waals surface area contributed by atoms with Crippen LogP contribution in [-0.4, -0.2) is 41.8 Å². The molecular weight excluding hydrogens is 342 g/mol. The fraction of sp³-hybridized carbons (Fsp3) is 0.294. The third-order valence-electron chi connectivity index (χ3n) is 4.17. The van der Waals surface area contributed by atoms with Gasteiger partial charge in [-0.1, -0.05) is 18.2 Å². The molecule has 1 aliphatic heterocycles. The number of nitrogens with one attached hydrogen (secondary N) is 1. The van der Waals surface area contributed by atoms with Gasteiger partial charge in [0.15, 0.2) is 5.76 Å². The van der Waals surface area contributed by atoms with Crippen molar-refractivity contribution in [3.05, 3.63) is 57.8 Å². The monoisotopic (exact) mass is 359 g/mol. The second-order valence-electron chi connectivity index (χ2n) is 5.83. The van der Waals surface area contributed by atoms with Crippen LogP contribution in [0.4, 0.5) is 5.88 Å². The Morgan fingerprint density at radius 2 is 2.04 bits per heavy atom. The van der Waals surface area contributed by atoms with Crippen molar-refractivity contribution in [1.82, 2.24) is 10.2 Å². The lowest BCUT2D eigenvalue weighted by atomic mass is 9.98. The smallest absolute Gasteiger partial charge is 0.433 e. The number of benzene rings is 1. The summed E-state index contributed by atoms with van der Waals surface area (Å²) in [5.41, 5.74) is 0.860. The number of para-hydroxylation sites is 1. The lowest BCUT2D eigenvalue weighted by Gasteiger charge is -2.37. The third kappa shape index (κ3) is 3.51. The zero-order valence-corrected chi connectivity index (χ0v) is 14.0. The summed E-state index contributed by atoms with van der Waals surface area (Å²) in [5, 5.41) is 13.4. The first kappa shape index (κ1) is 17.5. The number of carbonyl (C=O) groups is 2. The molecule has 2 amide bonds. The van der Waals surface area contributed by atoms with Crippen molar-refractivity contribution in [2.45, 2.75) is 6.54 Å². The Kier molecular flexibility index (Phi) is 4.87. The van der Waals surface area contributed by atoms with Gasteiger partial charge in [-0.05, 0) is 12.1 Å². The van der Waals surface area contributed by atoms with E-state index in [0.29, 0.717) is 12.3 Å². The Morgan fingerprint density at radius 1 is 1.31 bits per heavy atom. The summed E-state index contributed by atoms with van der Waals surface area (Å²) in [6, 6.07) is 9.77. The van der Waals surface area contributed by atoms with Gasteiger partial charge in [-0.15, -0.1) is 0 Å². The van der Waals surface area contributed by atoms with Crippen molar-refractivity contribution in [3.8, 4) is 5.75 Å². The van der Waals surface area contributed by atoms with Gasteiger partial charge in [0, 0.05) is 25.2 Å². The van der Waals surface area contributed by atoms with Crippen LogP contribution in [-0.2, 0) is 11.3 Å². The molecule has 0 unspecified atom stereocenters. The quantitative estimate of drug-likeness (QED) is 0.618. The van der Waals surface area contributed by atoms with E-state index in [1.165, 1.54) is 11.0 Å². The van der Waals surface area contributed by atoms with E-state index in [1.807, 2.05) is 24.3 Å². The average molecular weight is 359 g/mol. The minimum Gasteiger partial charge on any atom is -0.496 e. The number of nitro groups is 1. The molecule has 1 fully saturated rings. The van der Waals surface area contributed by atoms with Gasteiger partial charge in [-0.2, -0.15) is 0 Å². The van der Waals surface area contributed by atoms with Crippen molar-refractivity contribution < 1.29 is 23.7 Å². The van der Waals surface area contributed by atoms with Crippen LogP contribution in [0.2, 0.25) is 0 Å². The highest BCUT2D eigenvalue weighted by molar-refractivity contribution is 5.94. The molecule has 3 rings (SSSR count). The maximum atomic E-state index is 12.2. The minimum absolute atomic E-state index is 0.107. The van der Waals surface area contributed by atoms with Gasteiger partial charge in [0.2, 0.25) is 5.91 Å². The second kappa shape index (κ2) is 7.26. The van der Waals surface area contributed by atoms with Crippen LogP contribution in [0.5, 0.6) is 5.75 Å². The second-order valence-corrected chi connectivity index (χ2v) is 5.83. The van der Waals surface area contributed by atoms with Gasteiger partial charge in [-0.3, -0.25) is 19.7 Å². The molecule has 0 radical (unpaired) electrons. The zero-order valence-electron chi connectivity index (χ0n) is 14.0. The molecule has 2 heterocycles. The molecule has 1 saturated heterocycles. The molecule has 9 heteroatoms. The number of hydrogen-bond acceptors (Lipinski definition) is 6. The van der Waals surface area contributed by atoms with E-state index in [4.69, 9.17) is 9.15 Å². The maximum absolute atomic E-state index is 12.2. The predicted octanol–water partition coefficient (Wildman–Crippen LogP) is 1.58. The van der Waals surface area contributed by atoms with Crippen LogP contribution in [0, 0.1) is 16.0 Å². The van der Waals surface area contributed by atoms with E-state index in [2.05, 4.69) is 5.32 Å². The van der Waals surface area contributed by atoms with Crippen molar-refractivity contribution in [3.63, 3.8) is 0 Å². The molecule has 26 heavy (non-hydrogen) atoms. The number of methoxy groups -OCH3 is 1. The Morgan fingerprint density at radius 3 is 2.69 bits per heavy atom. The standard InChI is InChI=1S/C17H17N3O6/c1-25-13-5-3-2-4-11(13)8-18-16(21)12-9-19(10-12)17(22)14-6-7-15(26-14)20(23)24/h2-7,12H,8-10H2,1H3,(H,18,21). The number of rotatable bonds is 6. The van der Waals surface area contributed by atoms with Crippen LogP contribution < -0.4 is 10.1 Å². The Labute approximate surface area is 148 Å². The first-order chi connectivity index (χ1) is 12.5. The van der Waals surface area contributed by atoms with Crippen molar-refractivity contribution in [2.75, 3.05) is 20.2 Å². The lowest BCUT2D eigenvalue weighted by molar-refractivity contribution is -0.402. The number of furan rings is 1. The van der Waals surface area contributed by atoms with Gasteiger partial charge >= 0.3 is 5.88 Å². The van der Waals surface area contributed by atoms with E-state index in [0.717, 1.165) is 11.6 Å². The number of ether oxygens (including phenoxy) is 1. The van der Waals surface area contributed by atoms with E-state index in [-0.39, 0.29) is 30.7 Å². The Bertz CT molecular complexity index is 841. The summed E-state index contributed by atoms with van der Waals surface area (Å²) >= 11 is 0. The molecule has 1 N–H and O–H groups in total. The molecule has 0 spiro atoms. The highest BCUT2D eigenvalue weighted by Gasteiger charge is 2.37. The van der Waals surface area contributed by atoms with Crippen molar-refractivity contribution >= 4 is 17.7 Å². The first-order valence-corrected chi connectivity index (χ1v) is 7.92. The molecule has 0 atom stereocenters. The number of carbonyl (C=O) groups excluding carboxylic acids is 2. The first-order valence-electron chi connectivity index (χ1n) is 7.92. The van der Waals surface area contributed by atoms with Crippen LogP contribution in [0.25, 0.3) is 0 Å². The summed E-state index contributed by atoms with van der Waals surface area (Å²) in [6.07, 6.45) is 0. The van der Waals surface area contributed by atoms with Crippen LogP contribution in [0.1, 0.15) is 16.1 Å². The predicted molar refractivity (Wildman–Crippen MR) is 89.6 cm³/mol. The Balaban J connectivity index is 1.50. The van der Waals surface area contributed by atoms with E-state index >= 15 is 0 Å². The van der Waals surface area contributed by atoms with E-state index < -0.39 is 16.7 Å². The fourth-order valence-electron chi connectivity index (χ4n) is 2.68. The number of likely N-dealkylation sites (tertiary alicyclic amines) is 1. The molecule has 1 aliphatic rings. The van der Waals surface area contributed by atoms with Gasteiger partial charge < -0.3 is 19.4 Å². The molecule has 136 valence electrons. The average Bonchev–Trinajstić information content (AvgIpc) is 3.09. The van der Waals surface area contributed by atoms with Crippen molar-refractivity contribution in [1.29, 1.82) is 0 Å². The molecule has 0 saturated carbocycles. The highest BCUT2D eigenvalue weighted by atomic mass is 16.6. The Hall–Kier alpha value is -3.36. The maximum Gasteiger partial charge on any atom is 0.433 e. The normalized spacial score (nSPS) is 13.8.